The van der Waals surface area contributed by atoms with Gasteiger partial charge >= 0.3 is 5.97 Å². The monoisotopic (exact) mass is 528 g/mol. The molecule has 0 bridgehead atoms. The van der Waals surface area contributed by atoms with E-state index in [4.69, 9.17) is 0 Å². The number of hydrogen-bond donors (Lipinski definition) is 2. The molecular weight excluding hydrogens is 480 g/mol. The van der Waals surface area contributed by atoms with Crippen molar-refractivity contribution in [2.45, 2.75) is 132 Å². The van der Waals surface area contributed by atoms with Crippen LogP contribution in [-0.2, 0) is 20.4 Å². The third-order valence-corrected chi connectivity index (χ3v) is 11.4. The third kappa shape index (κ3) is 10.3. The van der Waals surface area contributed by atoms with Crippen molar-refractivity contribution in [3.05, 3.63) is 12.2 Å². The van der Waals surface area contributed by atoms with E-state index < -0.39 is 22.2 Å². The van der Waals surface area contributed by atoms with E-state index in [0.717, 1.165) is 70.6 Å². The number of hydrogen-bond acceptors (Lipinski definition) is 5. The highest BCUT2D eigenvalue weighted by atomic mass is 32.2. The van der Waals surface area contributed by atoms with Crippen LogP contribution in [0, 0.1) is 10.8 Å². The number of thioether (sulfide) groups is 1. The summed E-state index contributed by atoms with van der Waals surface area (Å²) in [7, 11) is -0.933. The van der Waals surface area contributed by atoms with Crippen LogP contribution in [0.25, 0.3) is 0 Å². The average molecular weight is 529 g/mol. The lowest BCUT2D eigenvalue weighted by Gasteiger charge is -2.29. The number of aliphatic carboxylic acids is 1. The van der Waals surface area contributed by atoms with E-state index >= 15 is 0 Å². The maximum absolute atomic E-state index is 13.2. The Morgan fingerprint density at radius 1 is 1.03 bits per heavy atom. The number of carboxylic acids is 1. The average Bonchev–Trinajstić information content (AvgIpc) is 2.81. The number of aliphatic hydroxyl groups excluding tert-OH is 1. The van der Waals surface area contributed by atoms with Crippen LogP contribution in [0.3, 0.4) is 0 Å². The lowest BCUT2D eigenvalue weighted by molar-refractivity contribution is -0.147. The molecule has 0 saturated carbocycles. The topological polar surface area (TPSA) is 91.7 Å². The Kier molecular flexibility index (Phi) is 12.5. The van der Waals surface area contributed by atoms with Crippen LogP contribution in [0.2, 0.25) is 0 Å². The first-order chi connectivity index (χ1) is 16.4. The number of carboxylic acid groups (broad SMARTS) is 1. The number of aliphatic hydroxyl groups is 1. The van der Waals surface area contributed by atoms with Crippen molar-refractivity contribution >= 4 is 34.3 Å². The standard InChI is InChI=1S/C28H48O5S2/c1-27(2,20-29)18-7-5-10-21-14-16-24(30)25(34-21)17-15-23-13-9-12-22(35(23)33)11-6-8-19-28(3,4)26(31)32/h15,17,21-23,25,29H,5-14,16,18-20H2,1-4H3,(H,31,32). The van der Waals surface area contributed by atoms with Gasteiger partial charge in [0.2, 0.25) is 0 Å². The molecule has 5 nitrogen and oxygen atoms in total. The lowest BCUT2D eigenvalue weighted by Crippen LogP contribution is -2.31. The Morgan fingerprint density at radius 2 is 1.71 bits per heavy atom. The molecule has 0 aliphatic carbocycles. The van der Waals surface area contributed by atoms with Crippen LogP contribution in [0.5, 0.6) is 0 Å². The van der Waals surface area contributed by atoms with Crippen molar-refractivity contribution in [3.63, 3.8) is 0 Å². The minimum absolute atomic E-state index is 0.0104. The molecule has 5 atom stereocenters. The number of ketones is 1. The van der Waals surface area contributed by atoms with Gasteiger partial charge in [-0.1, -0.05) is 58.1 Å². The zero-order chi connectivity index (χ0) is 26.1. The first kappa shape index (κ1) is 30.6. The number of Topliss-reactive ketones (excluding diaryl/α,β-unsaturated/α-hetero) is 1. The molecule has 0 aromatic heterocycles. The SMILES string of the molecule is CC(C)(CO)CCCCC1CCC(=O)C(C=CC2CCCC(CCCCC(C)(C)C(=O)O)S2=O)S1. The van der Waals surface area contributed by atoms with Gasteiger partial charge in [0.05, 0.1) is 15.9 Å². The summed E-state index contributed by atoms with van der Waals surface area (Å²) in [5.41, 5.74) is -0.710. The van der Waals surface area contributed by atoms with Gasteiger partial charge in [-0.3, -0.25) is 13.8 Å². The molecule has 2 saturated heterocycles. The van der Waals surface area contributed by atoms with Crippen LogP contribution < -0.4 is 0 Å². The molecule has 35 heavy (non-hydrogen) atoms. The summed E-state index contributed by atoms with van der Waals surface area (Å²) in [5.74, 6) is -0.463. The minimum atomic E-state index is -0.933. The van der Waals surface area contributed by atoms with Gasteiger partial charge in [0.15, 0.2) is 0 Å². The molecule has 2 heterocycles. The van der Waals surface area contributed by atoms with Crippen LogP contribution in [0.1, 0.15) is 111 Å². The fraction of sp³-hybridized carbons (Fsp3) is 0.857. The number of carbonyl (C=O) groups is 2. The Balaban J connectivity index is 1.79. The molecule has 202 valence electrons. The molecule has 2 aliphatic rings. The molecule has 7 heteroatoms. The maximum atomic E-state index is 13.2. The molecule has 0 aromatic rings. The highest BCUT2D eigenvalue weighted by molar-refractivity contribution is 8.01. The van der Waals surface area contributed by atoms with E-state index in [2.05, 4.69) is 19.9 Å². The van der Waals surface area contributed by atoms with Crippen LogP contribution in [0.15, 0.2) is 12.2 Å². The summed E-state index contributed by atoms with van der Waals surface area (Å²) in [6.07, 6.45) is 16.3. The summed E-state index contributed by atoms with van der Waals surface area (Å²) in [6.45, 7) is 7.95. The first-order valence-electron chi connectivity index (χ1n) is 13.6. The normalized spacial score (nSPS) is 28.5. The Labute approximate surface area is 219 Å². The summed E-state index contributed by atoms with van der Waals surface area (Å²) in [5, 5.41) is 19.3. The number of rotatable bonds is 14. The smallest absolute Gasteiger partial charge is 0.309 e. The molecule has 2 N–H and O–H groups in total. The van der Waals surface area contributed by atoms with Gasteiger partial charge in [-0.25, -0.2) is 0 Å². The van der Waals surface area contributed by atoms with Gasteiger partial charge in [-0.05, 0) is 64.2 Å². The molecule has 0 spiro atoms. The van der Waals surface area contributed by atoms with Gasteiger partial charge in [0, 0.05) is 34.3 Å². The Hall–Kier alpha value is -0.660. The van der Waals surface area contributed by atoms with E-state index in [1.54, 1.807) is 25.6 Å². The highest BCUT2D eigenvalue weighted by Gasteiger charge is 2.31. The van der Waals surface area contributed by atoms with Crippen molar-refractivity contribution in [2.24, 2.45) is 10.8 Å². The van der Waals surface area contributed by atoms with E-state index in [9.17, 15) is 24.0 Å². The van der Waals surface area contributed by atoms with Gasteiger partial charge in [-0.15, -0.1) is 11.8 Å². The summed E-state index contributed by atoms with van der Waals surface area (Å²) in [6, 6.07) is 0. The quantitative estimate of drug-likeness (QED) is 0.203. The molecular formula is C28H48O5S2. The molecule has 2 fully saturated rings. The lowest BCUT2D eigenvalue weighted by atomic mass is 9.87. The second-order valence-corrected chi connectivity index (χ2v) is 15.4. The second-order valence-electron chi connectivity index (χ2n) is 12.0. The fourth-order valence-electron chi connectivity index (χ4n) is 4.95. The predicted octanol–water partition coefficient (Wildman–Crippen LogP) is 6.30. The number of unbranched alkanes of at least 4 members (excludes halogenated alkanes) is 2. The van der Waals surface area contributed by atoms with E-state index in [1.165, 1.54) is 0 Å². The van der Waals surface area contributed by atoms with Crippen molar-refractivity contribution in [3.8, 4) is 0 Å². The van der Waals surface area contributed by atoms with Crippen molar-refractivity contribution in [1.29, 1.82) is 0 Å². The Bertz CT molecular complexity index is 746. The van der Waals surface area contributed by atoms with Crippen LogP contribution in [0.4, 0.5) is 0 Å². The van der Waals surface area contributed by atoms with E-state index in [0.29, 0.717) is 23.9 Å². The van der Waals surface area contributed by atoms with Crippen LogP contribution in [-0.4, -0.2) is 53.8 Å². The fourth-order valence-corrected chi connectivity index (χ4v) is 8.31. The van der Waals surface area contributed by atoms with Gasteiger partial charge < -0.3 is 10.2 Å². The molecule has 0 amide bonds. The summed E-state index contributed by atoms with van der Waals surface area (Å²) < 4.78 is 13.2. The summed E-state index contributed by atoms with van der Waals surface area (Å²) in [4.78, 5) is 23.8. The van der Waals surface area contributed by atoms with Gasteiger partial charge in [0.1, 0.15) is 5.78 Å². The molecule has 5 unspecified atom stereocenters. The van der Waals surface area contributed by atoms with Crippen LogP contribution >= 0.6 is 11.8 Å². The predicted molar refractivity (Wildman–Crippen MR) is 147 cm³/mol. The van der Waals surface area contributed by atoms with Crippen molar-refractivity contribution in [1.82, 2.24) is 0 Å². The zero-order valence-electron chi connectivity index (χ0n) is 22.3. The van der Waals surface area contributed by atoms with Gasteiger partial charge in [-0.2, -0.15) is 0 Å². The summed E-state index contributed by atoms with van der Waals surface area (Å²) >= 11 is 1.78. The molecule has 2 rings (SSSR count). The molecule has 0 radical (unpaired) electrons. The highest BCUT2D eigenvalue weighted by Crippen LogP contribution is 2.35. The minimum Gasteiger partial charge on any atom is -0.481 e. The van der Waals surface area contributed by atoms with Gasteiger partial charge in [0.25, 0.3) is 0 Å². The van der Waals surface area contributed by atoms with Crippen molar-refractivity contribution in [2.75, 3.05) is 6.61 Å². The third-order valence-electron chi connectivity index (χ3n) is 7.73. The maximum Gasteiger partial charge on any atom is 0.309 e. The largest absolute Gasteiger partial charge is 0.481 e. The Morgan fingerprint density at radius 3 is 2.40 bits per heavy atom. The molecule has 2 aliphatic heterocycles. The second kappa shape index (κ2) is 14.3. The van der Waals surface area contributed by atoms with E-state index in [-0.39, 0.29) is 27.8 Å². The first-order valence-corrected chi connectivity index (χ1v) is 15.8. The van der Waals surface area contributed by atoms with E-state index in [1.807, 2.05) is 6.08 Å². The molecule has 0 aromatic carbocycles. The zero-order valence-corrected chi connectivity index (χ0v) is 23.9. The number of carbonyl (C=O) groups excluding carboxylic acids is 1. The van der Waals surface area contributed by atoms with Crippen molar-refractivity contribution < 1.29 is 24.0 Å².